The van der Waals surface area contributed by atoms with E-state index in [1.165, 1.54) is 0 Å². The van der Waals surface area contributed by atoms with Gasteiger partial charge in [-0.3, -0.25) is 4.79 Å². The Hall–Kier alpha value is -1.70. The molecule has 1 aromatic heterocycles. The standard InChI is InChI=1S/C13H22N4O3/c14-5-1-2-13(19)17-12-4-3-11(10-16-12)15-6-8-20-9-7-18/h3-4,10,15,18H,1-2,5-9,14H2,(H,16,17,19). The van der Waals surface area contributed by atoms with Crippen LogP contribution in [0, 0.1) is 0 Å². The monoisotopic (exact) mass is 282 g/mol. The summed E-state index contributed by atoms with van der Waals surface area (Å²) in [6, 6.07) is 3.56. The van der Waals surface area contributed by atoms with E-state index in [0.717, 1.165) is 5.69 Å². The van der Waals surface area contributed by atoms with E-state index < -0.39 is 0 Å². The number of pyridine rings is 1. The third-order valence-corrected chi connectivity index (χ3v) is 2.45. The minimum absolute atomic E-state index is 0.0279. The number of nitrogens with two attached hydrogens (primary N) is 1. The van der Waals surface area contributed by atoms with E-state index in [4.69, 9.17) is 15.6 Å². The molecule has 1 aromatic rings. The maximum atomic E-state index is 11.5. The SMILES string of the molecule is NCCCC(=O)Nc1ccc(NCCOCCO)cn1. The zero-order valence-electron chi connectivity index (χ0n) is 11.5. The lowest BCUT2D eigenvalue weighted by molar-refractivity contribution is -0.116. The van der Waals surface area contributed by atoms with E-state index in [0.29, 0.717) is 45.0 Å². The lowest BCUT2D eigenvalue weighted by Gasteiger charge is -2.08. The van der Waals surface area contributed by atoms with Crippen LogP contribution in [0.1, 0.15) is 12.8 Å². The topological polar surface area (TPSA) is 110 Å². The van der Waals surface area contributed by atoms with Gasteiger partial charge >= 0.3 is 0 Å². The molecule has 0 fully saturated rings. The molecule has 0 bridgehead atoms. The molecular weight excluding hydrogens is 260 g/mol. The fourth-order valence-electron chi connectivity index (χ4n) is 1.47. The highest BCUT2D eigenvalue weighted by Crippen LogP contribution is 2.09. The van der Waals surface area contributed by atoms with Crippen LogP contribution in [0.5, 0.6) is 0 Å². The highest BCUT2D eigenvalue weighted by molar-refractivity contribution is 5.89. The van der Waals surface area contributed by atoms with Gasteiger partial charge in [-0.25, -0.2) is 4.98 Å². The smallest absolute Gasteiger partial charge is 0.225 e. The zero-order valence-corrected chi connectivity index (χ0v) is 11.5. The van der Waals surface area contributed by atoms with Gasteiger partial charge in [0.1, 0.15) is 5.82 Å². The molecule has 0 atom stereocenters. The molecule has 0 aliphatic heterocycles. The molecule has 0 unspecified atom stereocenters. The molecule has 112 valence electrons. The predicted octanol–water partition coefficient (Wildman–Crippen LogP) is 0.180. The minimum Gasteiger partial charge on any atom is -0.394 e. The number of nitrogens with zero attached hydrogens (tertiary/aromatic N) is 1. The minimum atomic E-state index is -0.0823. The van der Waals surface area contributed by atoms with Crippen molar-refractivity contribution in [1.82, 2.24) is 4.98 Å². The Bertz CT molecular complexity index is 384. The Kier molecular flexibility index (Phi) is 8.28. The first-order chi connectivity index (χ1) is 9.76. The van der Waals surface area contributed by atoms with E-state index in [2.05, 4.69) is 15.6 Å². The van der Waals surface area contributed by atoms with E-state index in [9.17, 15) is 4.79 Å². The number of aromatic nitrogens is 1. The van der Waals surface area contributed by atoms with Gasteiger partial charge < -0.3 is 26.2 Å². The Labute approximate surface area is 118 Å². The van der Waals surface area contributed by atoms with Crippen LogP contribution < -0.4 is 16.4 Å². The maximum Gasteiger partial charge on any atom is 0.225 e. The van der Waals surface area contributed by atoms with E-state index >= 15 is 0 Å². The first kappa shape index (κ1) is 16.4. The number of carbonyl (C=O) groups is 1. The quantitative estimate of drug-likeness (QED) is 0.456. The van der Waals surface area contributed by atoms with Crippen molar-refractivity contribution in [3.63, 3.8) is 0 Å². The Balaban J connectivity index is 2.27. The van der Waals surface area contributed by atoms with E-state index in [1.54, 1.807) is 12.3 Å². The van der Waals surface area contributed by atoms with Crippen molar-refractivity contribution in [3.8, 4) is 0 Å². The summed E-state index contributed by atoms with van der Waals surface area (Å²) in [6.45, 7) is 2.01. The predicted molar refractivity (Wildman–Crippen MR) is 77.5 cm³/mol. The highest BCUT2D eigenvalue weighted by atomic mass is 16.5. The summed E-state index contributed by atoms with van der Waals surface area (Å²) in [5, 5.41) is 14.4. The van der Waals surface area contributed by atoms with Gasteiger partial charge in [0.2, 0.25) is 5.91 Å². The summed E-state index contributed by atoms with van der Waals surface area (Å²) < 4.78 is 5.12. The lowest BCUT2D eigenvalue weighted by atomic mass is 10.3. The van der Waals surface area contributed by atoms with Crippen molar-refractivity contribution in [2.45, 2.75) is 12.8 Å². The van der Waals surface area contributed by atoms with Crippen LogP contribution in [0.25, 0.3) is 0 Å². The van der Waals surface area contributed by atoms with Crippen molar-refractivity contribution in [2.24, 2.45) is 5.73 Å². The number of nitrogens with one attached hydrogen (secondary N) is 2. The van der Waals surface area contributed by atoms with Gasteiger partial charge in [0.05, 0.1) is 31.7 Å². The Morgan fingerprint density at radius 1 is 1.40 bits per heavy atom. The number of carbonyl (C=O) groups excluding carboxylic acids is 1. The number of anilines is 2. The number of hydrogen-bond acceptors (Lipinski definition) is 6. The molecule has 7 nitrogen and oxygen atoms in total. The maximum absolute atomic E-state index is 11.5. The zero-order chi connectivity index (χ0) is 14.6. The van der Waals surface area contributed by atoms with Crippen LogP contribution in [-0.4, -0.2) is 48.9 Å². The highest BCUT2D eigenvalue weighted by Gasteiger charge is 2.02. The van der Waals surface area contributed by atoms with Gasteiger partial charge in [0.25, 0.3) is 0 Å². The fourth-order valence-corrected chi connectivity index (χ4v) is 1.47. The molecule has 0 aliphatic rings. The summed E-state index contributed by atoms with van der Waals surface area (Å²) in [5.74, 6) is 0.440. The Morgan fingerprint density at radius 3 is 2.90 bits per heavy atom. The summed E-state index contributed by atoms with van der Waals surface area (Å²) in [7, 11) is 0. The molecule has 7 heteroatoms. The van der Waals surface area contributed by atoms with Crippen LogP contribution in [0.4, 0.5) is 11.5 Å². The van der Waals surface area contributed by atoms with Gasteiger partial charge in [-0.05, 0) is 25.1 Å². The molecule has 0 spiro atoms. The molecule has 0 aliphatic carbocycles. The second kappa shape index (κ2) is 10.1. The van der Waals surface area contributed by atoms with Gasteiger partial charge in [0.15, 0.2) is 0 Å². The first-order valence-electron chi connectivity index (χ1n) is 6.64. The van der Waals surface area contributed by atoms with Crippen LogP contribution in [0.2, 0.25) is 0 Å². The number of aliphatic hydroxyl groups is 1. The van der Waals surface area contributed by atoms with Gasteiger partial charge in [-0.1, -0.05) is 0 Å². The molecule has 0 aromatic carbocycles. The number of hydrogen-bond donors (Lipinski definition) is 4. The summed E-state index contributed by atoms with van der Waals surface area (Å²) in [4.78, 5) is 15.6. The number of amides is 1. The molecule has 0 saturated carbocycles. The normalized spacial score (nSPS) is 10.3. The fraction of sp³-hybridized carbons (Fsp3) is 0.538. The summed E-state index contributed by atoms with van der Waals surface area (Å²) in [6.07, 6.45) is 2.71. The third kappa shape index (κ3) is 7.03. The Morgan fingerprint density at radius 2 is 2.25 bits per heavy atom. The second-order valence-electron chi connectivity index (χ2n) is 4.14. The average Bonchev–Trinajstić information content (AvgIpc) is 2.46. The summed E-state index contributed by atoms with van der Waals surface area (Å²) in [5.41, 5.74) is 6.18. The second-order valence-corrected chi connectivity index (χ2v) is 4.14. The van der Waals surface area contributed by atoms with E-state index in [-0.39, 0.29) is 12.5 Å². The van der Waals surface area contributed by atoms with Crippen molar-refractivity contribution >= 4 is 17.4 Å². The molecule has 1 heterocycles. The van der Waals surface area contributed by atoms with Crippen LogP contribution in [0.15, 0.2) is 18.3 Å². The van der Waals surface area contributed by atoms with Crippen LogP contribution in [0.3, 0.4) is 0 Å². The third-order valence-electron chi connectivity index (χ3n) is 2.45. The molecule has 0 radical (unpaired) electrons. The van der Waals surface area contributed by atoms with Crippen molar-refractivity contribution in [3.05, 3.63) is 18.3 Å². The van der Waals surface area contributed by atoms with Gasteiger partial charge in [-0.15, -0.1) is 0 Å². The molecule has 1 amide bonds. The molecular formula is C13H22N4O3. The van der Waals surface area contributed by atoms with Gasteiger partial charge in [0, 0.05) is 13.0 Å². The lowest BCUT2D eigenvalue weighted by Crippen LogP contribution is -2.14. The van der Waals surface area contributed by atoms with Crippen LogP contribution >= 0.6 is 0 Å². The van der Waals surface area contributed by atoms with Gasteiger partial charge in [-0.2, -0.15) is 0 Å². The molecule has 5 N–H and O–H groups in total. The molecule has 0 saturated heterocycles. The summed E-state index contributed by atoms with van der Waals surface area (Å²) >= 11 is 0. The average molecular weight is 282 g/mol. The number of rotatable bonds is 10. The number of aliphatic hydroxyl groups excluding tert-OH is 1. The largest absolute Gasteiger partial charge is 0.394 e. The number of ether oxygens (including phenoxy) is 1. The molecule has 20 heavy (non-hydrogen) atoms. The van der Waals surface area contributed by atoms with Crippen molar-refractivity contribution < 1.29 is 14.6 Å². The van der Waals surface area contributed by atoms with Crippen molar-refractivity contribution in [2.75, 3.05) is 43.5 Å². The van der Waals surface area contributed by atoms with E-state index in [1.807, 2.05) is 6.07 Å². The first-order valence-corrected chi connectivity index (χ1v) is 6.64. The van der Waals surface area contributed by atoms with Crippen LogP contribution in [-0.2, 0) is 9.53 Å². The van der Waals surface area contributed by atoms with Crippen molar-refractivity contribution in [1.29, 1.82) is 0 Å². The molecule has 1 rings (SSSR count).